The maximum absolute atomic E-state index is 11.9. The molecule has 0 radical (unpaired) electrons. The summed E-state index contributed by atoms with van der Waals surface area (Å²) >= 11 is 12.4. The van der Waals surface area contributed by atoms with E-state index in [9.17, 15) is 9.59 Å². The van der Waals surface area contributed by atoms with Crippen LogP contribution in [0.1, 0.15) is 23.0 Å². The van der Waals surface area contributed by atoms with E-state index in [1.54, 1.807) is 0 Å². The number of rotatable bonds is 5. The second-order valence-electron chi connectivity index (χ2n) is 4.37. The first-order chi connectivity index (χ1) is 10.5. The molecule has 5 nitrogen and oxygen atoms in total. The Labute approximate surface area is 141 Å². The van der Waals surface area contributed by atoms with Gasteiger partial charge in [-0.05, 0) is 24.0 Å². The molecule has 2 rings (SSSR count). The summed E-state index contributed by atoms with van der Waals surface area (Å²) in [5.74, 6) is -1.19. The normalized spacial score (nSPS) is 11.8. The SMILES string of the molecule is C[C@H](OC(=O)c1nsc(Cl)c1Cl)C(=O)NCc1ccccc1. The number of esters is 1. The molecule has 0 aliphatic rings. The molecule has 1 aromatic carbocycles. The summed E-state index contributed by atoms with van der Waals surface area (Å²) in [7, 11) is 0. The lowest BCUT2D eigenvalue weighted by Crippen LogP contribution is -2.35. The molecule has 0 saturated carbocycles. The molecule has 22 heavy (non-hydrogen) atoms. The summed E-state index contributed by atoms with van der Waals surface area (Å²) in [6.07, 6.45) is -0.965. The van der Waals surface area contributed by atoms with Crippen LogP contribution in [0.4, 0.5) is 0 Å². The fraction of sp³-hybridized carbons (Fsp3) is 0.214. The third-order valence-corrected chi connectivity index (χ3v) is 4.36. The van der Waals surface area contributed by atoms with Crippen molar-refractivity contribution in [3.8, 4) is 0 Å². The van der Waals surface area contributed by atoms with Gasteiger partial charge in [0.05, 0.1) is 0 Å². The van der Waals surface area contributed by atoms with Crippen molar-refractivity contribution in [2.24, 2.45) is 0 Å². The minimum absolute atomic E-state index is 0.0357. The average Bonchev–Trinajstić information content (AvgIpc) is 2.85. The van der Waals surface area contributed by atoms with E-state index in [0.29, 0.717) is 6.54 Å². The number of carbonyl (C=O) groups excluding carboxylic acids is 2. The first-order valence-corrected chi connectivity index (χ1v) is 7.85. The van der Waals surface area contributed by atoms with E-state index in [1.165, 1.54) is 6.92 Å². The van der Waals surface area contributed by atoms with Gasteiger partial charge in [0.2, 0.25) is 0 Å². The molecule has 1 heterocycles. The molecule has 1 atom stereocenters. The minimum atomic E-state index is -0.965. The number of nitrogens with one attached hydrogen (secondary N) is 1. The lowest BCUT2D eigenvalue weighted by atomic mass is 10.2. The Hall–Kier alpha value is -1.63. The second kappa shape index (κ2) is 7.58. The zero-order valence-electron chi connectivity index (χ0n) is 11.5. The van der Waals surface area contributed by atoms with Crippen molar-refractivity contribution in [3.63, 3.8) is 0 Å². The first-order valence-electron chi connectivity index (χ1n) is 6.32. The molecular formula is C14H12Cl2N2O3S. The Balaban J connectivity index is 1.88. The second-order valence-corrected chi connectivity index (χ2v) is 6.12. The molecular weight excluding hydrogens is 347 g/mol. The quantitative estimate of drug-likeness (QED) is 0.832. The fourth-order valence-corrected chi connectivity index (χ4v) is 2.56. The van der Waals surface area contributed by atoms with Gasteiger partial charge < -0.3 is 10.1 Å². The summed E-state index contributed by atoms with van der Waals surface area (Å²) in [6, 6.07) is 9.40. The van der Waals surface area contributed by atoms with Crippen LogP contribution in [0, 0.1) is 0 Å². The molecule has 0 spiro atoms. The van der Waals surface area contributed by atoms with Crippen molar-refractivity contribution in [2.45, 2.75) is 19.6 Å². The number of hydrogen-bond donors (Lipinski definition) is 1. The molecule has 0 bridgehead atoms. The molecule has 0 saturated heterocycles. The van der Waals surface area contributed by atoms with Crippen molar-refractivity contribution in [3.05, 3.63) is 50.9 Å². The highest BCUT2D eigenvalue weighted by atomic mass is 35.5. The largest absolute Gasteiger partial charge is 0.448 e. The van der Waals surface area contributed by atoms with Crippen molar-refractivity contribution in [2.75, 3.05) is 0 Å². The Bertz CT molecular complexity index is 676. The maximum Gasteiger partial charge on any atom is 0.360 e. The molecule has 1 amide bonds. The molecule has 2 aromatic rings. The van der Waals surface area contributed by atoms with Gasteiger partial charge in [-0.15, -0.1) is 0 Å². The van der Waals surface area contributed by atoms with Crippen LogP contribution in [-0.2, 0) is 16.1 Å². The highest BCUT2D eigenvalue weighted by Crippen LogP contribution is 2.29. The van der Waals surface area contributed by atoms with E-state index in [0.717, 1.165) is 17.1 Å². The van der Waals surface area contributed by atoms with Crippen molar-refractivity contribution in [1.29, 1.82) is 0 Å². The van der Waals surface area contributed by atoms with Gasteiger partial charge in [-0.25, -0.2) is 4.79 Å². The highest BCUT2D eigenvalue weighted by Gasteiger charge is 2.23. The lowest BCUT2D eigenvalue weighted by Gasteiger charge is -2.13. The van der Waals surface area contributed by atoms with Crippen LogP contribution in [0.15, 0.2) is 30.3 Å². The Kier molecular flexibility index (Phi) is 5.76. The van der Waals surface area contributed by atoms with Crippen molar-refractivity contribution in [1.82, 2.24) is 9.69 Å². The molecule has 8 heteroatoms. The van der Waals surface area contributed by atoms with Crippen LogP contribution >= 0.6 is 34.7 Å². The van der Waals surface area contributed by atoms with Crippen molar-refractivity contribution >= 4 is 46.6 Å². The van der Waals surface area contributed by atoms with Crippen LogP contribution in [-0.4, -0.2) is 22.4 Å². The van der Waals surface area contributed by atoms with E-state index in [2.05, 4.69) is 9.69 Å². The summed E-state index contributed by atoms with van der Waals surface area (Å²) in [6.45, 7) is 1.82. The monoisotopic (exact) mass is 358 g/mol. The number of aromatic nitrogens is 1. The number of carbonyl (C=O) groups is 2. The van der Waals surface area contributed by atoms with Crippen LogP contribution in [0.3, 0.4) is 0 Å². The minimum Gasteiger partial charge on any atom is -0.448 e. The average molecular weight is 359 g/mol. The van der Waals surface area contributed by atoms with E-state index in [1.807, 2.05) is 30.3 Å². The molecule has 1 aromatic heterocycles. The van der Waals surface area contributed by atoms with Crippen LogP contribution < -0.4 is 5.32 Å². The molecule has 0 unspecified atom stereocenters. The van der Waals surface area contributed by atoms with Gasteiger partial charge in [-0.2, -0.15) is 4.37 Å². The zero-order valence-corrected chi connectivity index (χ0v) is 13.8. The van der Waals surface area contributed by atoms with Crippen LogP contribution in [0.2, 0.25) is 9.36 Å². The van der Waals surface area contributed by atoms with E-state index in [4.69, 9.17) is 27.9 Å². The molecule has 116 valence electrons. The summed E-state index contributed by atoms with van der Waals surface area (Å²) in [5, 5.41) is 2.72. The van der Waals surface area contributed by atoms with Crippen molar-refractivity contribution < 1.29 is 14.3 Å². The number of ether oxygens (including phenoxy) is 1. The standard InChI is InChI=1S/C14H12Cl2N2O3S/c1-8(13(19)17-7-9-5-3-2-4-6-9)21-14(20)11-10(15)12(16)22-18-11/h2-6,8H,7H2,1H3,(H,17,19)/t8-/m0/s1. The predicted octanol–water partition coefficient (Wildman–Crippen LogP) is 3.31. The zero-order chi connectivity index (χ0) is 16.1. The summed E-state index contributed by atoms with van der Waals surface area (Å²) in [4.78, 5) is 23.8. The molecule has 0 fully saturated rings. The third kappa shape index (κ3) is 4.19. The number of hydrogen-bond acceptors (Lipinski definition) is 5. The van der Waals surface area contributed by atoms with Crippen LogP contribution in [0.5, 0.6) is 0 Å². The Morgan fingerprint density at radius 2 is 2.00 bits per heavy atom. The van der Waals surface area contributed by atoms with E-state index < -0.39 is 18.0 Å². The van der Waals surface area contributed by atoms with Crippen LogP contribution in [0.25, 0.3) is 0 Å². The van der Waals surface area contributed by atoms with Gasteiger partial charge >= 0.3 is 5.97 Å². The van der Waals surface area contributed by atoms with E-state index in [-0.39, 0.29) is 15.1 Å². The topological polar surface area (TPSA) is 68.3 Å². The highest BCUT2D eigenvalue weighted by molar-refractivity contribution is 7.11. The fourth-order valence-electron chi connectivity index (χ4n) is 1.58. The molecule has 0 aliphatic heterocycles. The Morgan fingerprint density at radius 3 is 2.59 bits per heavy atom. The summed E-state index contributed by atoms with van der Waals surface area (Å²) in [5.41, 5.74) is 0.864. The van der Waals surface area contributed by atoms with E-state index >= 15 is 0 Å². The maximum atomic E-state index is 11.9. The smallest absolute Gasteiger partial charge is 0.360 e. The van der Waals surface area contributed by atoms with Gasteiger partial charge in [0.15, 0.2) is 11.8 Å². The van der Waals surface area contributed by atoms with Gasteiger partial charge in [0.1, 0.15) is 9.36 Å². The first kappa shape index (κ1) is 16.7. The number of benzene rings is 1. The predicted molar refractivity (Wildman–Crippen MR) is 85.3 cm³/mol. The number of nitrogens with zero attached hydrogens (tertiary/aromatic N) is 1. The van der Waals surface area contributed by atoms with Gasteiger partial charge in [-0.1, -0.05) is 53.5 Å². The molecule has 0 aliphatic carbocycles. The van der Waals surface area contributed by atoms with Gasteiger partial charge in [0.25, 0.3) is 5.91 Å². The molecule has 1 N–H and O–H groups in total. The number of amides is 1. The summed E-state index contributed by atoms with van der Waals surface area (Å²) < 4.78 is 9.03. The lowest BCUT2D eigenvalue weighted by molar-refractivity contribution is -0.129. The number of halogens is 2. The van der Waals surface area contributed by atoms with Gasteiger partial charge in [-0.3, -0.25) is 4.79 Å². The third-order valence-electron chi connectivity index (χ3n) is 2.75. The Morgan fingerprint density at radius 1 is 1.32 bits per heavy atom. The van der Waals surface area contributed by atoms with Gasteiger partial charge in [0, 0.05) is 6.54 Å².